The molecule has 0 amide bonds. The number of phenolic OH excluding ortho intramolecular Hbond substituents is 1. The maximum atomic E-state index is 12.0. The summed E-state index contributed by atoms with van der Waals surface area (Å²) in [6.07, 6.45) is -4.76. The van der Waals surface area contributed by atoms with Crippen molar-refractivity contribution in [2.45, 2.75) is 12.8 Å². The van der Waals surface area contributed by atoms with E-state index in [0.29, 0.717) is 5.33 Å². The molecule has 0 aliphatic carbocycles. The van der Waals surface area contributed by atoms with Crippen LogP contribution in [0.1, 0.15) is 16.8 Å². The molecule has 0 saturated carbocycles. The zero-order chi connectivity index (χ0) is 13.1. The summed E-state index contributed by atoms with van der Waals surface area (Å²) in [5.41, 5.74) is 0.0569. The van der Waals surface area contributed by atoms with E-state index in [-0.39, 0.29) is 17.8 Å². The van der Waals surface area contributed by atoms with Gasteiger partial charge in [-0.3, -0.25) is 4.79 Å². The molecule has 1 aromatic carbocycles. The van der Waals surface area contributed by atoms with E-state index in [1.807, 2.05) is 0 Å². The fourth-order valence-corrected chi connectivity index (χ4v) is 1.48. The number of phenols is 1. The Hall–Kier alpha value is -1.24. The van der Waals surface area contributed by atoms with Crippen molar-refractivity contribution in [2.24, 2.45) is 0 Å². The van der Waals surface area contributed by atoms with Gasteiger partial charge in [0.1, 0.15) is 0 Å². The van der Waals surface area contributed by atoms with Gasteiger partial charge in [-0.25, -0.2) is 0 Å². The molecular weight excluding hydrogens is 305 g/mol. The Morgan fingerprint density at radius 3 is 2.59 bits per heavy atom. The molecule has 0 aliphatic heterocycles. The van der Waals surface area contributed by atoms with Crippen LogP contribution in [-0.4, -0.2) is 22.6 Å². The smallest absolute Gasteiger partial charge is 0.504 e. The van der Waals surface area contributed by atoms with Crippen molar-refractivity contribution in [1.29, 1.82) is 0 Å². The molecule has 0 heterocycles. The Labute approximate surface area is 103 Å². The van der Waals surface area contributed by atoms with E-state index in [2.05, 4.69) is 20.7 Å². The maximum Gasteiger partial charge on any atom is 0.573 e. The minimum atomic E-state index is -4.91. The van der Waals surface area contributed by atoms with Crippen molar-refractivity contribution < 1.29 is 27.8 Å². The zero-order valence-electron chi connectivity index (χ0n) is 8.42. The summed E-state index contributed by atoms with van der Waals surface area (Å²) in [7, 11) is 0. The highest BCUT2D eigenvalue weighted by atomic mass is 79.9. The van der Waals surface area contributed by atoms with Gasteiger partial charge in [-0.1, -0.05) is 15.9 Å². The van der Waals surface area contributed by atoms with Crippen molar-refractivity contribution in [3.8, 4) is 11.5 Å². The molecule has 17 heavy (non-hydrogen) atoms. The van der Waals surface area contributed by atoms with Crippen LogP contribution in [0.25, 0.3) is 0 Å². The Balaban J connectivity index is 2.98. The van der Waals surface area contributed by atoms with Gasteiger partial charge < -0.3 is 9.84 Å². The lowest BCUT2D eigenvalue weighted by Gasteiger charge is -2.11. The number of alkyl halides is 4. The molecule has 0 fully saturated rings. The molecule has 0 spiro atoms. The maximum absolute atomic E-state index is 12.0. The first kappa shape index (κ1) is 13.8. The average molecular weight is 313 g/mol. The third-order valence-corrected chi connectivity index (χ3v) is 2.23. The summed E-state index contributed by atoms with van der Waals surface area (Å²) < 4.78 is 39.5. The molecule has 94 valence electrons. The lowest BCUT2D eigenvalue weighted by Crippen LogP contribution is -2.17. The summed E-state index contributed by atoms with van der Waals surface area (Å²) in [5, 5.41) is 9.57. The molecule has 1 aromatic rings. The van der Waals surface area contributed by atoms with Crippen LogP contribution in [0.2, 0.25) is 0 Å². The number of ketones is 1. The standard InChI is InChI=1S/C10H8BrF3O3/c11-4-3-7(15)6-1-2-8(16)9(5-6)17-10(12,13)14/h1-2,5,16H,3-4H2. The Morgan fingerprint density at radius 1 is 1.41 bits per heavy atom. The molecule has 0 saturated heterocycles. The van der Waals surface area contributed by atoms with Gasteiger partial charge in [0.15, 0.2) is 17.3 Å². The molecule has 0 bridgehead atoms. The first-order valence-electron chi connectivity index (χ1n) is 4.51. The zero-order valence-corrected chi connectivity index (χ0v) is 10.0. The lowest BCUT2D eigenvalue weighted by atomic mass is 10.1. The van der Waals surface area contributed by atoms with E-state index < -0.39 is 17.9 Å². The van der Waals surface area contributed by atoms with Crippen molar-refractivity contribution in [3.63, 3.8) is 0 Å². The molecule has 0 radical (unpaired) electrons. The Morgan fingerprint density at radius 2 is 2.06 bits per heavy atom. The monoisotopic (exact) mass is 312 g/mol. The second kappa shape index (κ2) is 5.39. The fraction of sp³-hybridized carbons (Fsp3) is 0.300. The second-order valence-corrected chi connectivity index (χ2v) is 3.89. The van der Waals surface area contributed by atoms with E-state index in [1.54, 1.807) is 0 Å². The predicted molar refractivity (Wildman–Crippen MR) is 57.5 cm³/mol. The van der Waals surface area contributed by atoms with E-state index in [0.717, 1.165) is 12.1 Å². The molecule has 0 aliphatic rings. The first-order chi connectivity index (χ1) is 7.83. The van der Waals surface area contributed by atoms with Crippen LogP contribution < -0.4 is 4.74 Å². The number of aromatic hydroxyl groups is 1. The minimum absolute atomic E-state index is 0.0569. The predicted octanol–water partition coefficient (Wildman–Crippen LogP) is 3.26. The fourth-order valence-electron chi connectivity index (χ4n) is 1.12. The highest BCUT2D eigenvalue weighted by molar-refractivity contribution is 9.09. The Bertz CT molecular complexity index is 418. The molecule has 1 rings (SSSR count). The van der Waals surface area contributed by atoms with Gasteiger partial charge in [-0.2, -0.15) is 0 Å². The van der Waals surface area contributed by atoms with Gasteiger partial charge in [0.05, 0.1) is 0 Å². The largest absolute Gasteiger partial charge is 0.573 e. The van der Waals surface area contributed by atoms with Gasteiger partial charge in [0, 0.05) is 17.3 Å². The van der Waals surface area contributed by atoms with Gasteiger partial charge in [-0.05, 0) is 18.2 Å². The van der Waals surface area contributed by atoms with Crippen LogP contribution in [-0.2, 0) is 0 Å². The van der Waals surface area contributed by atoms with E-state index in [9.17, 15) is 18.0 Å². The van der Waals surface area contributed by atoms with Crippen LogP contribution in [0, 0.1) is 0 Å². The number of halogens is 4. The van der Waals surface area contributed by atoms with Gasteiger partial charge in [0.2, 0.25) is 0 Å². The summed E-state index contributed by atoms with van der Waals surface area (Å²) in [6.45, 7) is 0. The van der Waals surface area contributed by atoms with Crippen molar-refractivity contribution in [1.82, 2.24) is 0 Å². The Kier molecular flexibility index (Phi) is 4.39. The highest BCUT2D eigenvalue weighted by Crippen LogP contribution is 2.32. The number of benzene rings is 1. The highest BCUT2D eigenvalue weighted by Gasteiger charge is 2.32. The van der Waals surface area contributed by atoms with Gasteiger partial charge in [-0.15, -0.1) is 13.2 Å². The van der Waals surface area contributed by atoms with Crippen LogP contribution in [0.5, 0.6) is 11.5 Å². The molecule has 0 atom stereocenters. The van der Waals surface area contributed by atoms with Crippen molar-refractivity contribution in [3.05, 3.63) is 23.8 Å². The minimum Gasteiger partial charge on any atom is -0.504 e. The molecular formula is C10H8BrF3O3. The summed E-state index contributed by atoms with van der Waals surface area (Å²) in [6, 6.07) is 3.10. The number of Topliss-reactive ketones (excluding diaryl/α,β-unsaturated/α-hetero) is 1. The third-order valence-electron chi connectivity index (χ3n) is 1.83. The van der Waals surface area contributed by atoms with Gasteiger partial charge >= 0.3 is 6.36 Å². The van der Waals surface area contributed by atoms with E-state index in [1.165, 1.54) is 6.07 Å². The molecule has 0 aromatic heterocycles. The first-order valence-corrected chi connectivity index (χ1v) is 5.63. The van der Waals surface area contributed by atoms with Crippen LogP contribution >= 0.6 is 15.9 Å². The van der Waals surface area contributed by atoms with Crippen LogP contribution in [0.3, 0.4) is 0 Å². The topological polar surface area (TPSA) is 46.5 Å². The van der Waals surface area contributed by atoms with Crippen molar-refractivity contribution >= 4 is 21.7 Å². The van der Waals surface area contributed by atoms with E-state index >= 15 is 0 Å². The quantitative estimate of drug-likeness (QED) is 0.685. The number of hydrogen-bond acceptors (Lipinski definition) is 3. The normalized spacial score (nSPS) is 11.3. The number of ether oxygens (including phenoxy) is 1. The SMILES string of the molecule is O=C(CCBr)c1ccc(O)c(OC(F)(F)F)c1. The van der Waals surface area contributed by atoms with Gasteiger partial charge in [0.25, 0.3) is 0 Å². The van der Waals surface area contributed by atoms with Crippen LogP contribution in [0.15, 0.2) is 18.2 Å². The molecule has 3 nitrogen and oxygen atoms in total. The number of carbonyl (C=O) groups excluding carboxylic acids is 1. The summed E-state index contributed by atoms with van der Waals surface area (Å²) in [4.78, 5) is 11.4. The molecule has 0 unspecified atom stereocenters. The second-order valence-electron chi connectivity index (χ2n) is 3.09. The summed E-state index contributed by atoms with van der Waals surface area (Å²) in [5.74, 6) is -1.79. The van der Waals surface area contributed by atoms with Crippen LogP contribution in [0.4, 0.5) is 13.2 Å². The van der Waals surface area contributed by atoms with Crippen molar-refractivity contribution in [2.75, 3.05) is 5.33 Å². The lowest BCUT2D eigenvalue weighted by molar-refractivity contribution is -0.275. The summed E-state index contributed by atoms with van der Waals surface area (Å²) >= 11 is 3.05. The number of rotatable bonds is 4. The third kappa shape index (κ3) is 4.26. The molecule has 1 N–H and O–H groups in total. The average Bonchev–Trinajstić information content (AvgIpc) is 2.19. The molecule has 7 heteroatoms. The van der Waals surface area contributed by atoms with E-state index in [4.69, 9.17) is 5.11 Å². The number of hydrogen-bond donors (Lipinski definition) is 1. The number of carbonyl (C=O) groups is 1.